The van der Waals surface area contributed by atoms with Crippen molar-refractivity contribution in [3.05, 3.63) is 19.6 Å². The van der Waals surface area contributed by atoms with E-state index in [1.54, 1.807) is 0 Å². The number of unbranched alkanes of at least 4 members (excludes halogenated alkanes) is 5. The molecular weight excluding hydrogens is 867 g/mol. The van der Waals surface area contributed by atoms with E-state index in [4.69, 9.17) is 19.9 Å². The van der Waals surface area contributed by atoms with Crippen LogP contribution in [0.3, 0.4) is 0 Å². The molecule has 3 amide bonds. The molecule has 0 aliphatic carbocycles. The average Bonchev–Trinajstić information content (AvgIpc) is 3.94. The van der Waals surface area contributed by atoms with Crippen molar-refractivity contribution in [2.75, 3.05) is 19.7 Å². The molecule has 2 N–H and O–H groups in total. The summed E-state index contributed by atoms with van der Waals surface area (Å²) < 4.78 is 19.2. The third kappa shape index (κ3) is 12.4. The van der Waals surface area contributed by atoms with Gasteiger partial charge in [-0.1, -0.05) is 160 Å². The fourth-order valence-corrected chi connectivity index (χ4v) is 12.8. The van der Waals surface area contributed by atoms with Crippen LogP contribution < -0.4 is 15.2 Å². The zero-order chi connectivity index (χ0) is 45.5. The number of rotatable bonds is 26. The number of carbonyl (C=O) groups is 6. The summed E-state index contributed by atoms with van der Waals surface area (Å²) >= 11 is 4.33. The van der Waals surface area contributed by atoms with Gasteiger partial charge in [0.25, 0.3) is 17.7 Å². The monoisotopic (exact) mass is 933 g/mol. The minimum atomic E-state index is -0.977. The molecule has 1 aromatic carbocycles. The van der Waals surface area contributed by atoms with E-state index in [0.29, 0.717) is 75.4 Å². The third-order valence-electron chi connectivity index (χ3n) is 11.4. The summed E-state index contributed by atoms with van der Waals surface area (Å²) in [6.45, 7) is 17.1. The van der Waals surface area contributed by atoms with E-state index in [1.165, 1.54) is 10.0 Å². The second kappa shape index (κ2) is 25.4. The number of ether oxygens (including phenoxy) is 3. The van der Waals surface area contributed by atoms with Crippen LogP contribution in [0.15, 0.2) is 39.2 Å². The normalized spacial score (nSPS) is 16.1. The number of carbonyl (C=O) groups excluding carboxylic acids is 6. The number of fused-ring (bicyclic) bond motifs is 2. The Morgan fingerprint density at radius 3 is 1.39 bits per heavy atom. The van der Waals surface area contributed by atoms with Gasteiger partial charge in [0.15, 0.2) is 11.5 Å². The highest BCUT2D eigenvalue weighted by molar-refractivity contribution is 8.26. The molecule has 3 aliphatic rings. The van der Waals surface area contributed by atoms with Crippen LogP contribution in [0.1, 0.15) is 158 Å². The summed E-state index contributed by atoms with van der Waals surface area (Å²) in [4.78, 5) is 85.2. The maximum absolute atomic E-state index is 14.2. The van der Waals surface area contributed by atoms with Crippen molar-refractivity contribution in [1.82, 2.24) is 10.0 Å². The van der Waals surface area contributed by atoms with Gasteiger partial charge in [-0.05, 0) is 50.9 Å². The van der Waals surface area contributed by atoms with Gasteiger partial charge in [-0.3, -0.25) is 24.0 Å². The van der Waals surface area contributed by atoms with Gasteiger partial charge in [0, 0.05) is 13.1 Å². The lowest BCUT2D eigenvalue weighted by molar-refractivity contribution is -0.147. The number of thioether (sulfide) groups is 4. The van der Waals surface area contributed by atoms with Crippen molar-refractivity contribution in [3.63, 3.8) is 0 Å². The first kappa shape index (κ1) is 51.6. The molecule has 0 spiro atoms. The molecule has 1 saturated heterocycles. The number of benzene rings is 1. The highest BCUT2D eigenvalue weighted by Gasteiger charge is 2.47. The Balaban J connectivity index is 1.95. The summed E-state index contributed by atoms with van der Waals surface area (Å²) in [5.74, 6) is -3.95. The summed E-state index contributed by atoms with van der Waals surface area (Å²) in [6.07, 6.45) is 12.5. The van der Waals surface area contributed by atoms with Gasteiger partial charge in [0.2, 0.25) is 0 Å². The summed E-state index contributed by atoms with van der Waals surface area (Å²) in [5.41, 5.74) is 5.61. The molecule has 0 saturated carbocycles. The second-order valence-electron chi connectivity index (χ2n) is 16.0. The van der Waals surface area contributed by atoms with Gasteiger partial charge in [-0.25, -0.2) is 14.8 Å². The van der Waals surface area contributed by atoms with Gasteiger partial charge in [0.1, 0.15) is 11.1 Å². The van der Waals surface area contributed by atoms with E-state index in [0.717, 1.165) is 111 Å². The van der Waals surface area contributed by atoms with Gasteiger partial charge < -0.3 is 19.9 Å². The van der Waals surface area contributed by atoms with E-state index in [2.05, 4.69) is 20.8 Å². The van der Waals surface area contributed by atoms with Crippen LogP contribution in [0, 0.1) is 17.8 Å². The fraction of sp³-hybridized carbons (Fsp3) is 0.652. The topological polar surface area (TPSA) is 163 Å². The van der Waals surface area contributed by atoms with Crippen molar-refractivity contribution in [3.8, 4) is 11.5 Å². The van der Waals surface area contributed by atoms with Crippen molar-refractivity contribution in [2.45, 2.75) is 178 Å². The van der Waals surface area contributed by atoms with Crippen LogP contribution in [-0.4, -0.2) is 65.3 Å². The summed E-state index contributed by atoms with van der Waals surface area (Å²) in [7, 11) is 0. The Kier molecular flexibility index (Phi) is 21.1. The van der Waals surface area contributed by atoms with Crippen molar-refractivity contribution in [2.24, 2.45) is 23.5 Å². The molecule has 62 heavy (non-hydrogen) atoms. The van der Waals surface area contributed by atoms with Gasteiger partial charge in [-0.2, -0.15) is 0 Å². The van der Waals surface area contributed by atoms with Crippen LogP contribution in [0.4, 0.5) is 0 Å². The molecule has 3 heterocycles. The van der Waals surface area contributed by atoms with Crippen molar-refractivity contribution in [1.29, 1.82) is 0 Å². The SMILES string of the molecule is CCCCC(CC)COC(=O)C(C(N)=O)=C1Sc2c(OC(=O)C(CC)CCCC)c3c(c(OC(=O)C(CC)CCCC)c2S1)SC(=C1C(=O)N(CCCC)N(CCCC)C1=O)S3. The van der Waals surface area contributed by atoms with E-state index < -0.39 is 47.5 Å². The molecule has 0 radical (unpaired) electrons. The van der Waals surface area contributed by atoms with Crippen molar-refractivity contribution >= 4 is 82.7 Å². The maximum atomic E-state index is 14.2. The number of hydrazine groups is 1. The zero-order valence-corrected chi connectivity index (χ0v) is 41.2. The zero-order valence-electron chi connectivity index (χ0n) is 37.9. The molecule has 12 nitrogen and oxygen atoms in total. The molecule has 0 bridgehead atoms. The molecular formula is C46H67N3O9S4. The van der Waals surface area contributed by atoms with E-state index in [-0.39, 0.29) is 39.4 Å². The molecule has 344 valence electrons. The van der Waals surface area contributed by atoms with E-state index in [1.807, 2.05) is 34.6 Å². The molecule has 4 rings (SSSR count). The predicted octanol–water partition coefficient (Wildman–Crippen LogP) is 11.2. The van der Waals surface area contributed by atoms with E-state index in [9.17, 15) is 28.8 Å². The second-order valence-corrected chi connectivity index (χ2v) is 20.6. The third-order valence-corrected chi connectivity index (χ3v) is 16.6. The first-order valence-electron chi connectivity index (χ1n) is 22.8. The highest BCUT2D eigenvalue weighted by Crippen LogP contribution is 2.69. The number of hydrogen-bond acceptors (Lipinski definition) is 13. The fourth-order valence-electron chi connectivity index (χ4n) is 7.29. The Hall–Kier alpha value is -3.08. The number of nitrogens with zero attached hydrogens (tertiary/aromatic N) is 2. The standard InChI is InChI=1S/C46H67N3O9S4/c1-9-17-22-28(14-6)27-56-44(55)31(39(47)50)45-59-35-33(57-42(53)29(15-7)23-18-10-2)37-38(34(36(35)60-45)58-43(54)30(16-8)24-19-11-3)62-46(61-37)32-40(51)48(25-20-12-4)49(41(32)52)26-21-13-5/h28-30H,9-27H2,1-8H3,(H2,47,50). The minimum Gasteiger partial charge on any atom is -0.462 e. The predicted molar refractivity (Wildman–Crippen MR) is 249 cm³/mol. The van der Waals surface area contributed by atoms with E-state index >= 15 is 0 Å². The molecule has 3 atom stereocenters. The van der Waals surface area contributed by atoms with Gasteiger partial charge in [-0.15, -0.1) is 0 Å². The molecule has 3 aliphatic heterocycles. The Labute approximate surface area is 385 Å². The Bertz CT molecular complexity index is 1780. The summed E-state index contributed by atoms with van der Waals surface area (Å²) in [5, 5.41) is 3.07. The molecule has 3 unspecified atom stereocenters. The minimum absolute atomic E-state index is 0.0193. The number of amides is 3. The molecule has 1 aromatic rings. The van der Waals surface area contributed by atoms with Crippen LogP contribution in [0.25, 0.3) is 0 Å². The maximum Gasteiger partial charge on any atom is 0.345 e. The largest absolute Gasteiger partial charge is 0.462 e. The van der Waals surface area contributed by atoms with Crippen LogP contribution in [0.5, 0.6) is 11.5 Å². The smallest absolute Gasteiger partial charge is 0.345 e. The lowest BCUT2D eigenvalue weighted by Crippen LogP contribution is -2.42. The molecule has 16 heteroatoms. The van der Waals surface area contributed by atoms with Gasteiger partial charge in [0.05, 0.1) is 46.5 Å². The molecule has 0 aromatic heterocycles. The van der Waals surface area contributed by atoms with Gasteiger partial charge >= 0.3 is 17.9 Å². The first-order valence-corrected chi connectivity index (χ1v) is 26.1. The summed E-state index contributed by atoms with van der Waals surface area (Å²) in [6, 6.07) is 0. The highest BCUT2D eigenvalue weighted by atomic mass is 32.2. The van der Waals surface area contributed by atoms with Crippen LogP contribution >= 0.6 is 47.0 Å². The lowest BCUT2D eigenvalue weighted by Gasteiger charge is -2.27. The van der Waals surface area contributed by atoms with Crippen LogP contribution in [-0.2, 0) is 33.5 Å². The Morgan fingerprint density at radius 1 is 0.581 bits per heavy atom. The number of hydrogen-bond donors (Lipinski definition) is 1. The number of esters is 3. The quantitative estimate of drug-likeness (QED) is 0.0307. The lowest BCUT2D eigenvalue weighted by atomic mass is 10.00. The number of nitrogens with two attached hydrogens (primary N) is 1. The first-order chi connectivity index (χ1) is 29.8. The average molecular weight is 934 g/mol. The van der Waals surface area contributed by atoms with Crippen molar-refractivity contribution < 1.29 is 43.0 Å². The van der Waals surface area contributed by atoms with Crippen LogP contribution in [0.2, 0.25) is 0 Å². The Morgan fingerprint density at radius 2 is 1.00 bits per heavy atom. The molecule has 1 fully saturated rings. The number of primary amides is 1.